The van der Waals surface area contributed by atoms with E-state index < -0.39 is 30.3 Å². The fourth-order valence-electron chi connectivity index (χ4n) is 3.19. The van der Waals surface area contributed by atoms with E-state index in [9.17, 15) is 14.4 Å². The minimum Gasteiger partial charge on any atom is -0.481 e. The summed E-state index contributed by atoms with van der Waals surface area (Å²) < 4.78 is 5.65. The highest BCUT2D eigenvalue weighted by molar-refractivity contribution is 5.86. The Hall–Kier alpha value is -1.89. The van der Waals surface area contributed by atoms with Gasteiger partial charge in [-0.2, -0.15) is 0 Å². The van der Waals surface area contributed by atoms with E-state index in [1.165, 1.54) is 38.5 Å². The Morgan fingerprint density at radius 1 is 0.806 bits per heavy atom. The highest BCUT2D eigenvalue weighted by Crippen LogP contribution is 2.08. The Balaban J connectivity index is 3.45. The first-order chi connectivity index (χ1) is 15.0. The molecule has 0 radical (unpaired) electrons. The summed E-state index contributed by atoms with van der Waals surface area (Å²) in [5.41, 5.74) is 0. The van der Waals surface area contributed by atoms with Crippen molar-refractivity contribution < 1.29 is 29.3 Å². The number of rotatable bonds is 22. The number of carboxylic acids is 2. The number of carbonyl (C=O) groups is 3. The van der Waals surface area contributed by atoms with Crippen LogP contribution in [-0.2, 0) is 19.1 Å². The van der Waals surface area contributed by atoms with Crippen molar-refractivity contribution in [2.75, 3.05) is 13.2 Å². The zero-order valence-corrected chi connectivity index (χ0v) is 19.3. The van der Waals surface area contributed by atoms with E-state index in [-0.39, 0.29) is 6.42 Å². The Labute approximate surface area is 187 Å². The molecule has 3 N–H and O–H groups in total. The number of ether oxygens (including phenoxy) is 1. The average Bonchev–Trinajstić information content (AvgIpc) is 2.72. The second kappa shape index (κ2) is 21.3. The molecule has 0 rings (SSSR count). The Bertz CT molecular complexity index is 506. The maximum atomic E-state index is 11.7. The van der Waals surface area contributed by atoms with Gasteiger partial charge in [0.2, 0.25) is 5.91 Å². The van der Waals surface area contributed by atoms with E-state index in [4.69, 9.17) is 14.9 Å². The van der Waals surface area contributed by atoms with Gasteiger partial charge in [-0.1, -0.05) is 70.4 Å². The van der Waals surface area contributed by atoms with E-state index in [0.29, 0.717) is 6.42 Å². The van der Waals surface area contributed by atoms with Crippen LogP contribution in [0.15, 0.2) is 12.2 Å². The fraction of sp³-hybridized carbons (Fsp3) is 0.792. The maximum absolute atomic E-state index is 11.7. The lowest BCUT2D eigenvalue weighted by atomic mass is 10.1. The highest BCUT2D eigenvalue weighted by Gasteiger charge is 2.22. The zero-order chi connectivity index (χ0) is 23.2. The smallest absolute Gasteiger partial charge is 0.326 e. The van der Waals surface area contributed by atoms with Gasteiger partial charge in [-0.15, -0.1) is 0 Å². The summed E-state index contributed by atoms with van der Waals surface area (Å²) in [7, 11) is 0. The molecule has 0 aromatic rings. The van der Waals surface area contributed by atoms with E-state index in [1.54, 1.807) is 0 Å². The number of hydrogen-bond acceptors (Lipinski definition) is 4. The van der Waals surface area contributed by atoms with Gasteiger partial charge in [-0.3, -0.25) is 9.59 Å². The average molecular weight is 442 g/mol. The molecule has 0 aromatic carbocycles. The summed E-state index contributed by atoms with van der Waals surface area (Å²) in [6.07, 6.45) is 18.6. The first-order valence-electron chi connectivity index (χ1n) is 11.9. The molecule has 0 aliphatic heterocycles. The van der Waals surface area contributed by atoms with Gasteiger partial charge in [0.25, 0.3) is 0 Å². The highest BCUT2D eigenvalue weighted by atomic mass is 16.5. The Morgan fingerprint density at radius 3 is 2.10 bits per heavy atom. The molecule has 7 nitrogen and oxygen atoms in total. The van der Waals surface area contributed by atoms with Crippen molar-refractivity contribution in [1.29, 1.82) is 0 Å². The fourth-order valence-corrected chi connectivity index (χ4v) is 3.19. The number of carbonyl (C=O) groups excluding carboxylic acids is 1. The monoisotopic (exact) mass is 441 g/mol. The minimum atomic E-state index is -1.37. The van der Waals surface area contributed by atoms with E-state index in [2.05, 4.69) is 24.4 Å². The molecule has 0 aromatic heterocycles. The molecule has 1 unspecified atom stereocenters. The summed E-state index contributed by atoms with van der Waals surface area (Å²) in [5, 5.41) is 19.8. The number of amides is 1. The van der Waals surface area contributed by atoms with Crippen LogP contribution >= 0.6 is 0 Å². The third kappa shape index (κ3) is 21.1. The first kappa shape index (κ1) is 29.1. The number of carboxylic acid groups (broad SMARTS) is 2. The summed E-state index contributed by atoms with van der Waals surface area (Å²) in [6.45, 7) is 3.88. The van der Waals surface area contributed by atoms with Crippen LogP contribution in [0.5, 0.6) is 0 Å². The second-order valence-corrected chi connectivity index (χ2v) is 8.00. The molecular formula is C24H43NO6. The molecule has 0 bridgehead atoms. The zero-order valence-electron chi connectivity index (χ0n) is 19.3. The summed E-state index contributed by atoms with van der Waals surface area (Å²) in [6, 6.07) is -1.37. The normalized spacial score (nSPS) is 12.2. The molecular weight excluding hydrogens is 398 g/mol. The van der Waals surface area contributed by atoms with Gasteiger partial charge < -0.3 is 20.3 Å². The van der Waals surface area contributed by atoms with Crippen LogP contribution in [0.4, 0.5) is 0 Å². The molecule has 0 aliphatic carbocycles. The number of aliphatic carboxylic acids is 2. The van der Waals surface area contributed by atoms with Crippen molar-refractivity contribution in [3.63, 3.8) is 0 Å². The molecule has 0 saturated carbocycles. The topological polar surface area (TPSA) is 113 Å². The van der Waals surface area contributed by atoms with Gasteiger partial charge >= 0.3 is 11.9 Å². The van der Waals surface area contributed by atoms with E-state index >= 15 is 0 Å². The van der Waals surface area contributed by atoms with Crippen LogP contribution in [0.25, 0.3) is 0 Å². The van der Waals surface area contributed by atoms with Crippen LogP contribution in [-0.4, -0.2) is 47.3 Å². The molecule has 7 heteroatoms. The van der Waals surface area contributed by atoms with Crippen LogP contribution < -0.4 is 5.32 Å². The van der Waals surface area contributed by atoms with Gasteiger partial charge in [0, 0.05) is 13.0 Å². The third-order valence-corrected chi connectivity index (χ3v) is 5.02. The molecule has 0 heterocycles. The largest absolute Gasteiger partial charge is 0.481 e. The van der Waals surface area contributed by atoms with Gasteiger partial charge in [0.1, 0.15) is 6.04 Å². The van der Waals surface area contributed by atoms with Crippen molar-refractivity contribution in [2.45, 2.75) is 109 Å². The van der Waals surface area contributed by atoms with Gasteiger partial charge in [0.15, 0.2) is 0 Å². The second-order valence-electron chi connectivity index (χ2n) is 8.00. The lowest BCUT2D eigenvalue weighted by molar-refractivity contribution is -0.147. The van der Waals surface area contributed by atoms with Crippen LogP contribution in [0.1, 0.15) is 103 Å². The Morgan fingerprint density at radius 2 is 1.42 bits per heavy atom. The summed E-state index contributed by atoms with van der Waals surface area (Å²) >= 11 is 0. The molecule has 1 amide bonds. The molecule has 31 heavy (non-hydrogen) atoms. The number of allylic oxidation sites excluding steroid dienone is 1. The van der Waals surface area contributed by atoms with Crippen molar-refractivity contribution >= 4 is 17.8 Å². The van der Waals surface area contributed by atoms with Crippen LogP contribution in [0.2, 0.25) is 0 Å². The van der Waals surface area contributed by atoms with Gasteiger partial charge in [-0.05, 0) is 32.1 Å². The molecule has 0 fully saturated rings. The minimum absolute atomic E-state index is 0.218. The molecule has 0 spiro atoms. The van der Waals surface area contributed by atoms with Crippen molar-refractivity contribution in [3.05, 3.63) is 12.2 Å². The van der Waals surface area contributed by atoms with Crippen molar-refractivity contribution in [1.82, 2.24) is 5.32 Å². The lowest BCUT2D eigenvalue weighted by Crippen LogP contribution is -2.42. The quantitative estimate of drug-likeness (QED) is 0.159. The predicted octanol–water partition coefficient (Wildman–Crippen LogP) is 5.08. The van der Waals surface area contributed by atoms with Crippen molar-refractivity contribution in [2.24, 2.45) is 0 Å². The first-order valence-corrected chi connectivity index (χ1v) is 11.9. The molecule has 1 atom stereocenters. The number of unbranched alkanes of at least 4 members (excludes halogenated alkanes) is 10. The predicted molar refractivity (Wildman–Crippen MR) is 122 cm³/mol. The van der Waals surface area contributed by atoms with E-state index in [1.807, 2.05) is 0 Å². The molecule has 0 saturated heterocycles. The Kier molecular flexibility index (Phi) is 20.0. The number of nitrogens with one attached hydrogen (secondary N) is 1. The van der Waals surface area contributed by atoms with Crippen molar-refractivity contribution in [3.8, 4) is 0 Å². The summed E-state index contributed by atoms with van der Waals surface area (Å²) in [5.74, 6) is -2.99. The van der Waals surface area contributed by atoms with Crippen LogP contribution in [0.3, 0.4) is 0 Å². The SMILES string of the molecule is CCCCCCCCCOCC/C=C\CCCCCCC(=O)NC(CC(=O)O)C(=O)O. The van der Waals surface area contributed by atoms with Gasteiger partial charge in [0.05, 0.1) is 13.0 Å². The molecule has 0 aliphatic rings. The van der Waals surface area contributed by atoms with E-state index in [0.717, 1.165) is 51.7 Å². The van der Waals surface area contributed by atoms with Crippen LogP contribution in [0, 0.1) is 0 Å². The standard InChI is InChI=1S/C24H43NO6/c1-2-3-4-5-9-12-15-18-31-19-16-13-10-7-6-8-11-14-17-22(26)25-21(24(29)30)20-23(27)28/h10,13,21H,2-9,11-12,14-20H2,1H3,(H,25,26)(H,27,28)(H,29,30)/b13-10-. The third-order valence-electron chi connectivity index (χ3n) is 5.02. The lowest BCUT2D eigenvalue weighted by Gasteiger charge is -2.12. The van der Waals surface area contributed by atoms with Gasteiger partial charge in [-0.25, -0.2) is 4.79 Å². The number of hydrogen-bond donors (Lipinski definition) is 3. The maximum Gasteiger partial charge on any atom is 0.326 e. The summed E-state index contributed by atoms with van der Waals surface area (Å²) in [4.78, 5) is 33.2. The molecule has 180 valence electrons.